The van der Waals surface area contributed by atoms with Crippen LogP contribution in [0.4, 0.5) is 5.82 Å². The first-order chi connectivity index (χ1) is 22.0. The number of fused-ring (bicyclic) bond motifs is 2. The molecule has 0 radical (unpaired) electrons. The van der Waals surface area contributed by atoms with Gasteiger partial charge in [0.1, 0.15) is 40.6 Å². The van der Waals surface area contributed by atoms with Crippen LogP contribution in [0.1, 0.15) is 40.8 Å². The number of nitrogens with zero attached hydrogens (tertiary/aromatic N) is 6. The number of carbonyl (C=O) groups excluding carboxylic acids is 3. The van der Waals surface area contributed by atoms with E-state index in [4.69, 9.17) is 9.47 Å². The number of anilines is 1. The van der Waals surface area contributed by atoms with Crippen LogP contribution in [-0.2, 0) is 32.2 Å². The number of methoxy groups -OCH3 is 2. The van der Waals surface area contributed by atoms with Crippen LogP contribution in [0.3, 0.4) is 0 Å². The van der Waals surface area contributed by atoms with Crippen LogP contribution in [0.25, 0.3) is 22.0 Å². The Bertz CT molecular complexity index is 1950. The number of aromatic nitrogens is 5. The first-order valence-electron chi connectivity index (χ1n) is 14.6. The summed E-state index contributed by atoms with van der Waals surface area (Å²) < 4.78 is 13.1. The molecule has 236 valence electrons. The maximum Gasteiger partial charge on any atom is 0.248 e. The molecule has 0 saturated carbocycles. The van der Waals surface area contributed by atoms with Crippen molar-refractivity contribution < 1.29 is 23.9 Å². The number of likely N-dealkylation sites (tertiary alicyclic amines) is 1. The predicted octanol–water partition coefficient (Wildman–Crippen LogP) is 3.87. The van der Waals surface area contributed by atoms with Crippen molar-refractivity contribution in [1.82, 2.24) is 29.6 Å². The molecular weight excluding hydrogens is 654 g/mol. The number of ether oxygens (including phenoxy) is 2. The molecule has 46 heavy (non-hydrogen) atoms. The van der Waals surface area contributed by atoms with Gasteiger partial charge >= 0.3 is 0 Å². The molecule has 6 rings (SSSR count). The van der Waals surface area contributed by atoms with Gasteiger partial charge in [-0.15, -0.1) is 0 Å². The lowest BCUT2D eigenvalue weighted by Crippen LogP contribution is -2.52. The van der Waals surface area contributed by atoms with Crippen molar-refractivity contribution in [2.24, 2.45) is 5.41 Å². The Kier molecular flexibility index (Phi) is 8.45. The van der Waals surface area contributed by atoms with Gasteiger partial charge in [-0.2, -0.15) is 5.10 Å². The molecule has 2 amide bonds. The lowest BCUT2D eigenvalue weighted by atomic mass is 9.74. The summed E-state index contributed by atoms with van der Waals surface area (Å²) in [5.74, 6) is 6.31. The van der Waals surface area contributed by atoms with E-state index < -0.39 is 17.5 Å². The fourth-order valence-electron chi connectivity index (χ4n) is 6.22. The maximum atomic E-state index is 14.3. The second-order valence-electron chi connectivity index (χ2n) is 11.6. The summed E-state index contributed by atoms with van der Waals surface area (Å²) in [5, 5.41) is 8.11. The van der Waals surface area contributed by atoms with Crippen molar-refractivity contribution in [3.05, 3.63) is 63.9 Å². The second kappa shape index (κ2) is 12.4. The van der Waals surface area contributed by atoms with E-state index >= 15 is 0 Å². The molecule has 0 spiro atoms. The molecule has 1 aliphatic heterocycles. The van der Waals surface area contributed by atoms with Gasteiger partial charge in [-0.3, -0.25) is 19.1 Å². The van der Waals surface area contributed by atoms with Crippen molar-refractivity contribution in [3.63, 3.8) is 0 Å². The number of hydrogen-bond acceptors (Lipinski definition) is 9. The lowest BCUT2D eigenvalue weighted by molar-refractivity contribution is -0.138. The monoisotopic (exact) mass is 685 g/mol. The first-order valence-corrected chi connectivity index (χ1v) is 15.4. The Labute approximate surface area is 274 Å². The minimum absolute atomic E-state index is 0.201. The Balaban J connectivity index is 1.39. The van der Waals surface area contributed by atoms with E-state index in [1.54, 1.807) is 39.6 Å². The number of amides is 2. The largest absolute Gasteiger partial charge is 0.383 e. The number of carbonyl (C=O) groups is 3. The summed E-state index contributed by atoms with van der Waals surface area (Å²) in [4.78, 5) is 55.5. The number of nitrogens with one attached hydrogen (secondary N) is 1. The first kappa shape index (κ1) is 31.5. The third kappa shape index (κ3) is 5.57. The van der Waals surface area contributed by atoms with Crippen molar-refractivity contribution >= 4 is 50.2 Å². The van der Waals surface area contributed by atoms with Crippen LogP contribution < -0.4 is 5.32 Å². The van der Waals surface area contributed by atoms with Gasteiger partial charge in [0.15, 0.2) is 5.78 Å². The van der Waals surface area contributed by atoms with Gasteiger partial charge in [0.05, 0.1) is 24.1 Å². The molecule has 1 aromatic carbocycles. The molecule has 4 aromatic rings. The molecule has 1 fully saturated rings. The van der Waals surface area contributed by atoms with Crippen molar-refractivity contribution in [2.75, 3.05) is 26.1 Å². The van der Waals surface area contributed by atoms with Gasteiger partial charge in [-0.25, -0.2) is 15.0 Å². The summed E-state index contributed by atoms with van der Waals surface area (Å²) in [6.45, 7) is 5.33. The molecule has 1 aliphatic carbocycles. The Morgan fingerprint density at radius 2 is 1.87 bits per heavy atom. The Hall–Kier alpha value is -4.51. The number of halogens is 1. The van der Waals surface area contributed by atoms with E-state index in [0.29, 0.717) is 33.6 Å². The maximum absolute atomic E-state index is 14.3. The lowest BCUT2D eigenvalue weighted by Gasteiger charge is -2.36. The van der Waals surface area contributed by atoms with Crippen LogP contribution in [0.5, 0.6) is 0 Å². The number of benzene rings is 1. The quantitative estimate of drug-likeness (QED) is 0.150. The van der Waals surface area contributed by atoms with Gasteiger partial charge < -0.3 is 19.7 Å². The Morgan fingerprint density at radius 3 is 2.52 bits per heavy atom. The molecule has 1 N–H and O–H groups in total. The number of hydrogen-bond donors (Lipinski definition) is 1. The normalized spacial score (nSPS) is 19.7. The van der Waals surface area contributed by atoms with E-state index in [9.17, 15) is 14.4 Å². The standard InChI is InChI=1S/C33H32BrN7O5/c1-18-6-7-27(34)37-31(18)38-32(44)25-12-33(17-46-5)9-8-26(33)41(25)28(43)15-40-30-22(16-45-4)10-21(23-13-35-20(3)36-14-23)11-24(30)29(39-40)19(2)42/h6-7,10-11,13-14,25-26H,12,15-17H2,1-5H3,(H,37,38,44)/t25-,26+,33+/m0/s1. The molecule has 1 saturated heterocycles. The third-order valence-corrected chi connectivity index (χ3v) is 8.85. The zero-order valence-electron chi connectivity index (χ0n) is 26.0. The summed E-state index contributed by atoms with van der Waals surface area (Å²) in [7, 11) is 3.15. The van der Waals surface area contributed by atoms with Crippen LogP contribution in [-0.4, -0.2) is 80.1 Å². The van der Waals surface area contributed by atoms with E-state index in [1.165, 1.54) is 16.5 Å². The summed E-state index contributed by atoms with van der Waals surface area (Å²) in [6, 6.07) is 6.04. The average molecular weight is 687 g/mol. The summed E-state index contributed by atoms with van der Waals surface area (Å²) in [5.41, 5.74) is 3.20. The molecule has 4 heterocycles. The van der Waals surface area contributed by atoms with Crippen LogP contribution in [0.15, 0.2) is 41.3 Å². The van der Waals surface area contributed by atoms with Crippen LogP contribution in [0.2, 0.25) is 0 Å². The highest BCUT2D eigenvalue weighted by Crippen LogP contribution is 2.46. The number of pyridine rings is 1. The zero-order valence-corrected chi connectivity index (χ0v) is 27.6. The minimum atomic E-state index is -0.851. The van der Waals surface area contributed by atoms with E-state index in [1.807, 2.05) is 25.1 Å². The number of rotatable bonds is 10. The molecule has 13 heteroatoms. The zero-order chi connectivity index (χ0) is 32.7. The van der Waals surface area contributed by atoms with Crippen molar-refractivity contribution in [2.45, 2.75) is 52.4 Å². The number of Topliss-reactive ketones (excluding diaryl/α,β-unsaturated/α-hetero) is 1. The molecule has 3 atom stereocenters. The number of aryl methyl sites for hydroxylation is 2. The van der Waals surface area contributed by atoms with Crippen LogP contribution >= 0.6 is 15.9 Å². The fourth-order valence-corrected chi connectivity index (χ4v) is 6.53. The van der Waals surface area contributed by atoms with Crippen molar-refractivity contribution in [3.8, 4) is 23.0 Å². The van der Waals surface area contributed by atoms with E-state index in [0.717, 1.165) is 22.3 Å². The highest BCUT2D eigenvalue weighted by atomic mass is 79.9. The molecular formula is C33H32BrN7O5. The van der Waals surface area contributed by atoms with Crippen molar-refractivity contribution in [1.29, 1.82) is 0 Å². The highest BCUT2D eigenvalue weighted by Gasteiger charge is 2.58. The Morgan fingerprint density at radius 1 is 1.11 bits per heavy atom. The minimum Gasteiger partial charge on any atom is -0.383 e. The average Bonchev–Trinajstić information content (AvgIpc) is 3.48. The molecule has 0 unspecified atom stereocenters. The third-order valence-electron chi connectivity index (χ3n) is 8.41. The summed E-state index contributed by atoms with van der Waals surface area (Å²) >= 11 is 3.36. The number of ketones is 1. The van der Waals surface area contributed by atoms with Gasteiger partial charge in [0.2, 0.25) is 11.8 Å². The van der Waals surface area contributed by atoms with Gasteiger partial charge in [-0.05, 0) is 65.5 Å². The molecule has 3 aromatic heterocycles. The topological polar surface area (TPSA) is 141 Å². The summed E-state index contributed by atoms with van der Waals surface area (Å²) in [6.07, 6.45) is 3.74. The van der Waals surface area contributed by atoms with Crippen LogP contribution in [0, 0.1) is 31.1 Å². The smallest absolute Gasteiger partial charge is 0.248 e. The van der Waals surface area contributed by atoms with Gasteiger partial charge in [0.25, 0.3) is 0 Å². The van der Waals surface area contributed by atoms with E-state index in [2.05, 4.69) is 53.1 Å². The van der Waals surface area contributed by atoms with Gasteiger partial charge in [-0.1, -0.05) is 17.9 Å². The van der Waals surface area contributed by atoms with Gasteiger partial charge in [0, 0.05) is 50.1 Å². The van der Waals surface area contributed by atoms with E-state index in [-0.39, 0.29) is 43.1 Å². The highest BCUT2D eigenvalue weighted by molar-refractivity contribution is 9.10. The SMILES string of the molecule is COCc1cc(-c2cnc(C)nc2)cc2c(C(C)=O)nn(CC(=O)N3[C@H](C(=O)Nc4nc(Br)ccc4C)C[C@@]4(COC)C#C[C@@H]34)c12. The second-order valence-corrected chi connectivity index (χ2v) is 12.4. The molecule has 0 bridgehead atoms. The molecule has 2 aliphatic rings. The fraction of sp³-hybridized carbons (Fsp3) is 0.364. The predicted molar refractivity (Wildman–Crippen MR) is 173 cm³/mol. The molecule has 12 nitrogen and oxygen atoms in total.